The lowest BCUT2D eigenvalue weighted by Gasteiger charge is -2.11. The lowest BCUT2D eigenvalue weighted by atomic mass is 10.1. The van der Waals surface area contributed by atoms with Crippen molar-refractivity contribution in [1.29, 1.82) is 0 Å². The predicted octanol–water partition coefficient (Wildman–Crippen LogP) is 1.43. The molecule has 1 aromatic carbocycles. The lowest BCUT2D eigenvalue weighted by Crippen LogP contribution is -2.15. The summed E-state index contributed by atoms with van der Waals surface area (Å²) in [6.07, 6.45) is 3.32. The van der Waals surface area contributed by atoms with Gasteiger partial charge in [0.2, 0.25) is 0 Å². The molecule has 1 unspecified atom stereocenters. The van der Waals surface area contributed by atoms with Crippen molar-refractivity contribution in [3.05, 3.63) is 40.2 Å². The number of para-hydroxylation sites is 1. The van der Waals surface area contributed by atoms with E-state index in [0.717, 1.165) is 5.52 Å². The number of hydrogen-bond acceptors (Lipinski definition) is 3. The Hall–Kier alpha value is -1.62. The van der Waals surface area contributed by atoms with Crippen LogP contribution >= 0.6 is 0 Å². The number of rotatable bonds is 3. The van der Waals surface area contributed by atoms with Crippen LogP contribution in [0.5, 0.6) is 5.75 Å². The number of benzene rings is 1. The Labute approximate surface area is 108 Å². The maximum Gasteiger partial charge on any atom is 0.193 e. The number of ether oxygens (including phenoxy) is 1. The van der Waals surface area contributed by atoms with E-state index in [1.54, 1.807) is 31.7 Å². The third kappa shape index (κ3) is 2.18. The van der Waals surface area contributed by atoms with Crippen molar-refractivity contribution in [3.63, 3.8) is 0 Å². The molecule has 0 N–H and O–H groups in total. The van der Waals surface area contributed by atoms with Crippen LogP contribution in [-0.2, 0) is 23.6 Å². The van der Waals surface area contributed by atoms with Crippen LogP contribution in [0.2, 0.25) is 0 Å². The molecule has 0 bridgehead atoms. The van der Waals surface area contributed by atoms with Crippen molar-refractivity contribution < 1.29 is 8.95 Å². The zero-order chi connectivity index (χ0) is 13.3. The van der Waals surface area contributed by atoms with Gasteiger partial charge in [0.15, 0.2) is 5.43 Å². The van der Waals surface area contributed by atoms with E-state index in [9.17, 15) is 9.00 Å². The van der Waals surface area contributed by atoms with Gasteiger partial charge in [0.1, 0.15) is 5.75 Å². The maximum atomic E-state index is 12.3. The molecule has 0 aliphatic heterocycles. The number of methoxy groups -OCH3 is 1. The Balaban J connectivity index is 2.80. The molecule has 0 aliphatic carbocycles. The highest BCUT2D eigenvalue weighted by Crippen LogP contribution is 2.23. The van der Waals surface area contributed by atoms with E-state index in [1.807, 2.05) is 17.7 Å². The molecule has 18 heavy (non-hydrogen) atoms. The molecule has 0 saturated carbocycles. The first-order valence-corrected chi connectivity index (χ1v) is 7.22. The van der Waals surface area contributed by atoms with Crippen molar-refractivity contribution in [2.24, 2.45) is 7.05 Å². The largest absolute Gasteiger partial charge is 0.495 e. The SMILES string of the molecule is COc1cccc2c(=O)c(CS(C)=O)cn(C)c12. The standard InChI is InChI=1S/C13H15NO3S/c1-14-7-9(8-18(3)16)13(15)10-5-4-6-11(17-2)12(10)14/h4-7H,8H2,1-3H3. The Kier molecular flexibility index (Phi) is 3.52. The minimum absolute atomic E-state index is 0.0720. The summed E-state index contributed by atoms with van der Waals surface area (Å²) >= 11 is 0. The van der Waals surface area contributed by atoms with E-state index in [0.29, 0.717) is 16.7 Å². The van der Waals surface area contributed by atoms with Crippen LogP contribution < -0.4 is 10.2 Å². The third-order valence-electron chi connectivity index (χ3n) is 2.82. The molecule has 0 radical (unpaired) electrons. The normalized spacial score (nSPS) is 12.6. The van der Waals surface area contributed by atoms with Gasteiger partial charge in [-0.1, -0.05) is 6.07 Å². The third-order valence-corrected chi connectivity index (χ3v) is 3.53. The first-order valence-electron chi connectivity index (χ1n) is 5.50. The summed E-state index contributed by atoms with van der Waals surface area (Å²) in [5.41, 5.74) is 1.26. The second-order valence-corrected chi connectivity index (χ2v) is 5.60. The zero-order valence-corrected chi connectivity index (χ0v) is 11.4. The summed E-state index contributed by atoms with van der Waals surface area (Å²) in [5.74, 6) is 0.941. The van der Waals surface area contributed by atoms with Crippen LogP contribution in [0, 0.1) is 0 Å². The first-order chi connectivity index (χ1) is 8.54. The molecular weight excluding hydrogens is 250 g/mol. The van der Waals surface area contributed by atoms with Crippen LogP contribution in [0.4, 0.5) is 0 Å². The summed E-state index contributed by atoms with van der Waals surface area (Å²) in [6.45, 7) is 0. The smallest absolute Gasteiger partial charge is 0.193 e. The fourth-order valence-corrected chi connectivity index (χ4v) is 2.73. The highest BCUT2D eigenvalue weighted by Gasteiger charge is 2.11. The number of aryl methyl sites for hydroxylation is 1. The predicted molar refractivity (Wildman–Crippen MR) is 73.5 cm³/mol. The number of aromatic nitrogens is 1. The van der Waals surface area contributed by atoms with Crippen molar-refractivity contribution >= 4 is 21.7 Å². The number of pyridine rings is 1. The van der Waals surface area contributed by atoms with E-state index in [2.05, 4.69) is 0 Å². The van der Waals surface area contributed by atoms with Crippen molar-refractivity contribution in [3.8, 4) is 5.75 Å². The molecule has 0 fully saturated rings. The van der Waals surface area contributed by atoms with Gasteiger partial charge >= 0.3 is 0 Å². The average Bonchev–Trinajstić information content (AvgIpc) is 2.34. The van der Waals surface area contributed by atoms with Crippen LogP contribution in [0.3, 0.4) is 0 Å². The van der Waals surface area contributed by atoms with Gasteiger partial charge in [-0.3, -0.25) is 9.00 Å². The Bertz CT molecular complexity index is 676. The van der Waals surface area contributed by atoms with Crippen LogP contribution in [0.25, 0.3) is 10.9 Å². The molecule has 2 aromatic rings. The van der Waals surface area contributed by atoms with E-state index in [1.165, 1.54) is 0 Å². The molecule has 96 valence electrons. The summed E-state index contributed by atoms with van der Waals surface area (Å²) in [5, 5.41) is 0.597. The van der Waals surface area contributed by atoms with E-state index >= 15 is 0 Å². The number of nitrogens with zero attached hydrogens (tertiary/aromatic N) is 1. The first kappa shape index (κ1) is 12.8. The molecule has 1 aromatic heterocycles. The lowest BCUT2D eigenvalue weighted by molar-refractivity contribution is 0.417. The quantitative estimate of drug-likeness (QED) is 0.843. The second-order valence-electron chi connectivity index (χ2n) is 4.17. The Morgan fingerprint density at radius 3 is 2.72 bits per heavy atom. The summed E-state index contributed by atoms with van der Waals surface area (Å²) in [4.78, 5) is 12.3. The minimum Gasteiger partial charge on any atom is -0.495 e. The zero-order valence-electron chi connectivity index (χ0n) is 10.6. The van der Waals surface area contributed by atoms with Crippen molar-refractivity contribution in [1.82, 2.24) is 4.57 Å². The van der Waals surface area contributed by atoms with Gasteiger partial charge in [-0.05, 0) is 12.1 Å². The summed E-state index contributed by atoms with van der Waals surface area (Å²) in [6, 6.07) is 5.37. The van der Waals surface area contributed by atoms with Crippen LogP contribution in [0.1, 0.15) is 5.56 Å². The monoisotopic (exact) mass is 265 g/mol. The summed E-state index contributed by atoms with van der Waals surface area (Å²) in [7, 11) is 2.40. The molecule has 4 nitrogen and oxygen atoms in total. The van der Waals surface area contributed by atoms with Crippen molar-refractivity contribution in [2.75, 3.05) is 13.4 Å². The average molecular weight is 265 g/mol. The van der Waals surface area contributed by atoms with Crippen molar-refractivity contribution in [2.45, 2.75) is 5.75 Å². The topological polar surface area (TPSA) is 48.3 Å². The fourth-order valence-electron chi connectivity index (χ4n) is 2.09. The highest BCUT2D eigenvalue weighted by molar-refractivity contribution is 7.83. The van der Waals surface area contributed by atoms with Gasteiger partial charge in [0, 0.05) is 41.2 Å². The van der Waals surface area contributed by atoms with Crippen LogP contribution in [0.15, 0.2) is 29.2 Å². The Morgan fingerprint density at radius 2 is 2.11 bits per heavy atom. The summed E-state index contributed by atoms with van der Waals surface area (Å²) < 4.78 is 18.4. The molecule has 0 aliphatic rings. The van der Waals surface area contributed by atoms with Gasteiger partial charge in [0.05, 0.1) is 18.4 Å². The molecule has 5 heteroatoms. The van der Waals surface area contributed by atoms with E-state index < -0.39 is 10.8 Å². The molecule has 2 rings (SSSR count). The Morgan fingerprint density at radius 1 is 1.39 bits per heavy atom. The minimum atomic E-state index is -1.03. The van der Waals surface area contributed by atoms with Gasteiger partial charge in [0.25, 0.3) is 0 Å². The molecular formula is C13H15NO3S. The molecule has 0 saturated heterocycles. The molecule has 1 atom stereocenters. The number of fused-ring (bicyclic) bond motifs is 1. The van der Waals surface area contributed by atoms with E-state index in [4.69, 9.17) is 4.74 Å². The molecule has 0 spiro atoms. The van der Waals surface area contributed by atoms with Crippen LogP contribution in [-0.4, -0.2) is 22.1 Å². The fraction of sp³-hybridized carbons (Fsp3) is 0.308. The van der Waals surface area contributed by atoms with Gasteiger partial charge in [-0.2, -0.15) is 0 Å². The van der Waals surface area contributed by atoms with E-state index in [-0.39, 0.29) is 11.2 Å². The highest BCUT2D eigenvalue weighted by atomic mass is 32.2. The van der Waals surface area contributed by atoms with Gasteiger partial charge in [-0.25, -0.2) is 0 Å². The van der Waals surface area contributed by atoms with Gasteiger partial charge in [-0.15, -0.1) is 0 Å². The molecule has 0 amide bonds. The molecule has 1 heterocycles. The maximum absolute atomic E-state index is 12.3. The van der Waals surface area contributed by atoms with Gasteiger partial charge < -0.3 is 9.30 Å². The number of hydrogen-bond donors (Lipinski definition) is 0. The second kappa shape index (κ2) is 4.94.